The van der Waals surface area contributed by atoms with Crippen LogP contribution in [0.15, 0.2) is 48.0 Å². The summed E-state index contributed by atoms with van der Waals surface area (Å²) in [6.45, 7) is 1.97. The van der Waals surface area contributed by atoms with Gasteiger partial charge in [-0.15, -0.1) is 0 Å². The van der Waals surface area contributed by atoms with Gasteiger partial charge >= 0.3 is 0 Å². The van der Waals surface area contributed by atoms with Crippen LogP contribution in [0.3, 0.4) is 0 Å². The minimum atomic E-state index is -0.478. The van der Waals surface area contributed by atoms with E-state index in [9.17, 15) is 14.4 Å². The molecule has 1 aliphatic heterocycles. The Kier molecular flexibility index (Phi) is 8.03. The highest BCUT2D eigenvalue weighted by Gasteiger charge is 2.35. The lowest BCUT2D eigenvalue weighted by molar-refractivity contribution is -0.132. The fourth-order valence-corrected chi connectivity index (χ4v) is 4.02. The van der Waals surface area contributed by atoms with Gasteiger partial charge in [-0.2, -0.15) is 0 Å². The van der Waals surface area contributed by atoms with Crippen LogP contribution >= 0.6 is 34.8 Å². The molecule has 1 saturated heterocycles. The van der Waals surface area contributed by atoms with Gasteiger partial charge in [-0.25, -0.2) is 0 Å². The molecule has 8 nitrogen and oxygen atoms in total. The van der Waals surface area contributed by atoms with Crippen LogP contribution in [0.1, 0.15) is 12.5 Å². The number of halogens is 1. The number of thiocarbonyl (C=S) groups is 1. The van der Waals surface area contributed by atoms with Crippen molar-refractivity contribution < 1.29 is 23.9 Å². The Balaban J connectivity index is 1.84. The second-order valence-corrected chi connectivity index (χ2v) is 8.56. The topological polar surface area (TPSA) is 88.2 Å². The van der Waals surface area contributed by atoms with Gasteiger partial charge in [0.2, 0.25) is 0 Å². The van der Waals surface area contributed by atoms with E-state index in [1.165, 1.54) is 30.0 Å². The lowest BCUT2D eigenvalue weighted by Crippen LogP contribution is -2.52. The van der Waals surface area contributed by atoms with Gasteiger partial charge in [0, 0.05) is 19.8 Å². The molecular formula is C23H22IN3O5S. The van der Waals surface area contributed by atoms with E-state index in [0.717, 1.165) is 0 Å². The number of ether oxygens (including phenoxy) is 2. The summed E-state index contributed by atoms with van der Waals surface area (Å²) in [4.78, 5) is 40.0. The fraction of sp³-hybridized carbons (Fsp3) is 0.217. The number of nitrogens with zero attached hydrogens (tertiary/aromatic N) is 2. The van der Waals surface area contributed by atoms with Crippen molar-refractivity contribution in [3.05, 3.63) is 57.2 Å². The summed E-state index contributed by atoms with van der Waals surface area (Å²) in [6, 6.07) is 12.5. The molecule has 0 bridgehead atoms. The molecule has 0 unspecified atom stereocenters. The van der Waals surface area contributed by atoms with E-state index >= 15 is 0 Å². The van der Waals surface area contributed by atoms with Crippen LogP contribution in [0.5, 0.6) is 11.5 Å². The molecule has 172 valence electrons. The van der Waals surface area contributed by atoms with Crippen molar-refractivity contribution in [2.24, 2.45) is 0 Å². The van der Waals surface area contributed by atoms with Crippen LogP contribution < -0.4 is 14.8 Å². The largest absolute Gasteiger partial charge is 0.490 e. The predicted molar refractivity (Wildman–Crippen MR) is 137 cm³/mol. The number of amides is 3. The Morgan fingerprint density at radius 3 is 2.33 bits per heavy atom. The summed E-state index contributed by atoms with van der Waals surface area (Å²) >= 11 is 7.18. The van der Waals surface area contributed by atoms with Crippen LogP contribution in [-0.2, 0) is 14.4 Å². The van der Waals surface area contributed by atoms with E-state index < -0.39 is 11.8 Å². The molecule has 0 saturated carbocycles. The molecular weight excluding hydrogens is 557 g/mol. The van der Waals surface area contributed by atoms with Gasteiger partial charge in [0.25, 0.3) is 17.7 Å². The molecule has 1 N–H and O–H groups in total. The highest BCUT2D eigenvalue weighted by molar-refractivity contribution is 14.1. The number of nitrogens with one attached hydrogen (secondary N) is 1. The van der Waals surface area contributed by atoms with E-state index in [4.69, 9.17) is 21.7 Å². The Hall–Kier alpha value is -2.99. The van der Waals surface area contributed by atoms with Crippen LogP contribution in [0.2, 0.25) is 0 Å². The zero-order valence-electron chi connectivity index (χ0n) is 18.3. The highest BCUT2D eigenvalue weighted by atomic mass is 127. The van der Waals surface area contributed by atoms with E-state index in [-0.39, 0.29) is 23.2 Å². The normalized spacial score (nSPS) is 13.8. The zero-order valence-corrected chi connectivity index (χ0v) is 21.2. The minimum Gasteiger partial charge on any atom is -0.490 e. The average Bonchev–Trinajstić information content (AvgIpc) is 2.79. The van der Waals surface area contributed by atoms with Crippen molar-refractivity contribution in [1.82, 2.24) is 9.80 Å². The number of carbonyl (C=O) groups excluding carboxylic acids is 3. The third-order valence-corrected chi connectivity index (χ3v) is 6.04. The summed E-state index contributed by atoms with van der Waals surface area (Å²) in [6.07, 6.45) is 1.50. The fourth-order valence-electron chi connectivity index (χ4n) is 3.07. The molecule has 3 rings (SSSR count). The number of likely N-dealkylation sites (N-methyl/N-ethyl adjacent to an activating group) is 2. The Morgan fingerprint density at radius 2 is 1.73 bits per heavy atom. The minimum absolute atomic E-state index is 0.0113. The summed E-state index contributed by atoms with van der Waals surface area (Å²) < 4.78 is 12.1. The third-order valence-electron chi connectivity index (χ3n) is 4.69. The standard InChI is InChI=1S/C23H22IN3O5S/c1-4-31-18-12-14(10-16-21(29)26(2)23(33)27(3)22(16)30)11-17(24)20(18)32-13-19(28)25-15-8-6-5-7-9-15/h5-12H,4,13H2,1-3H3,(H,25,28). The van der Waals surface area contributed by atoms with Gasteiger partial charge in [-0.05, 0) is 77.6 Å². The van der Waals surface area contributed by atoms with Gasteiger partial charge in [-0.3, -0.25) is 24.2 Å². The summed E-state index contributed by atoms with van der Waals surface area (Å²) in [5, 5.41) is 2.90. The smallest absolute Gasteiger partial charge is 0.265 e. The molecule has 1 aliphatic rings. The maximum atomic E-state index is 12.6. The van der Waals surface area contributed by atoms with Crippen molar-refractivity contribution in [3.63, 3.8) is 0 Å². The summed E-state index contributed by atoms with van der Waals surface area (Å²) in [5.74, 6) is -0.467. The molecule has 1 heterocycles. The van der Waals surface area contributed by atoms with Gasteiger partial charge < -0.3 is 14.8 Å². The lowest BCUT2D eigenvalue weighted by atomic mass is 10.1. The predicted octanol–water partition coefficient (Wildman–Crippen LogP) is 3.31. The number of rotatable bonds is 7. The SMILES string of the molecule is CCOc1cc(C=C2C(=O)N(C)C(=S)N(C)C2=O)cc(I)c1OCC(=O)Nc1ccccc1. The number of anilines is 1. The Bertz CT molecular complexity index is 1110. The van der Waals surface area contributed by atoms with E-state index in [0.29, 0.717) is 32.9 Å². The van der Waals surface area contributed by atoms with Crippen molar-refractivity contribution >= 4 is 69.4 Å². The number of hydrogen-bond acceptors (Lipinski definition) is 6. The van der Waals surface area contributed by atoms with Crippen LogP contribution in [0.25, 0.3) is 6.08 Å². The van der Waals surface area contributed by atoms with Gasteiger partial charge in [-0.1, -0.05) is 18.2 Å². The van der Waals surface area contributed by atoms with Crippen LogP contribution in [0, 0.1) is 3.57 Å². The van der Waals surface area contributed by atoms with Crippen molar-refractivity contribution in [3.8, 4) is 11.5 Å². The number of carbonyl (C=O) groups is 3. The molecule has 0 radical (unpaired) electrons. The third kappa shape index (κ3) is 5.69. The van der Waals surface area contributed by atoms with Crippen molar-refractivity contribution in [2.45, 2.75) is 6.92 Å². The highest BCUT2D eigenvalue weighted by Crippen LogP contribution is 2.35. The summed E-state index contributed by atoms with van der Waals surface area (Å²) in [5.41, 5.74) is 1.24. The molecule has 1 fully saturated rings. The molecule has 2 aromatic rings. The number of hydrogen-bond donors (Lipinski definition) is 1. The van der Waals surface area contributed by atoms with Crippen molar-refractivity contribution in [1.29, 1.82) is 0 Å². The first-order valence-electron chi connectivity index (χ1n) is 9.98. The molecule has 33 heavy (non-hydrogen) atoms. The van der Waals surface area contributed by atoms with Gasteiger partial charge in [0.1, 0.15) is 5.57 Å². The molecule has 0 atom stereocenters. The second kappa shape index (κ2) is 10.8. The van der Waals surface area contributed by atoms with Crippen LogP contribution in [-0.4, -0.2) is 59.9 Å². The maximum absolute atomic E-state index is 12.6. The lowest BCUT2D eigenvalue weighted by Gasteiger charge is -2.31. The van der Waals surface area contributed by atoms with E-state index in [2.05, 4.69) is 27.9 Å². The van der Waals surface area contributed by atoms with Crippen LogP contribution in [0.4, 0.5) is 5.69 Å². The first kappa shape index (κ1) is 24.6. The second-order valence-electron chi connectivity index (χ2n) is 7.03. The number of para-hydroxylation sites is 1. The Labute approximate surface area is 210 Å². The van der Waals surface area contributed by atoms with Gasteiger partial charge in [0.05, 0.1) is 10.2 Å². The molecule has 0 aromatic heterocycles. The molecule has 2 aromatic carbocycles. The zero-order chi connectivity index (χ0) is 24.1. The molecule has 3 amide bonds. The van der Waals surface area contributed by atoms with Gasteiger partial charge in [0.15, 0.2) is 23.2 Å². The molecule has 10 heteroatoms. The van der Waals surface area contributed by atoms with Crippen molar-refractivity contribution in [2.75, 3.05) is 32.6 Å². The quantitative estimate of drug-likeness (QED) is 0.235. The first-order valence-corrected chi connectivity index (χ1v) is 11.5. The maximum Gasteiger partial charge on any atom is 0.265 e. The molecule has 0 aliphatic carbocycles. The number of benzene rings is 2. The average molecular weight is 579 g/mol. The first-order chi connectivity index (χ1) is 15.7. The summed E-state index contributed by atoms with van der Waals surface area (Å²) in [7, 11) is 3.04. The molecule has 0 spiro atoms. The monoisotopic (exact) mass is 579 g/mol. The Morgan fingerprint density at radius 1 is 1.09 bits per heavy atom. The van der Waals surface area contributed by atoms with E-state index in [1.54, 1.807) is 24.3 Å². The van der Waals surface area contributed by atoms with E-state index in [1.807, 2.05) is 25.1 Å².